The Morgan fingerprint density at radius 3 is 2.46 bits per heavy atom. The lowest BCUT2D eigenvalue weighted by Crippen LogP contribution is -2.36. The summed E-state index contributed by atoms with van der Waals surface area (Å²) in [5.41, 5.74) is 6.09. The summed E-state index contributed by atoms with van der Waals surface area (Å²) >= 11 is 0. The average Bonchev–Trinajstić information content (AvgIpc) is 3.02. The number of ether oxygens (including phenoxy) is 1. The molecule has 0 saturated heterocycles. The van der Waals surface area contributed by atoms with Crippen LogP contribution in [0, 0.1) is 0 Å². The molecule has 128 valence electrons. The molecule has 3 N–H and O–H groups in total. The third kappa shape index (κ3) is 4.74. The molecule has 2 rings (SSSR count). The van der Waals surface area contributed by atoms with Gasteiger partial charge in [0.05, 0.1) is 13.4 Å². The number of nitrogens with zero attached hydrogens (tertiary/aromatic N) is 1. The highest BCUT2D eigenvalue weighted by Crippen LogP contribution is 2.24. The lowest BCUT2D eigenvalue weighted by Gasteiger charge is -2.02. The topological polar surface area (TPSA) is 133 Å². The Balaban J connectivity index is 2.07. The van der Waals surface area contributed by atoms with Gasteiger partial charge >= 0.3 is 10.1 Å². The Hall–Kier alpha value is -3.01. The average molecular weight is 353 g/mol. The van der Waals surface area contributed by atoms with Crippen molar-refractivity contribution in [2.24, 2.45) is 10.9 Å². The summed E-state index contributed by atoms with van der Waals surface area (Å²) < 4.78 is 36.1. The van der Waals surface area contributed by atoms with E-state index in [4.69, 9.17) is 14.9 Å². The number of rotatable bonds is 5. The van der Waals surface area contributed by atoms with E-state index in [0.717, 1.165) is 11.8 Å². The van der Waals surface area contributed by atoms with E-state index < -0.39 is 22.0 Å². The summed E-state index contributed by atoms with van der Waals surface area (Å²) in [6.07, 6.45) is 0.791. The van der Waals surface area contributed by atoms with Crippen LogP contribution in [0.1, 0.15) is 10.6 Å². The van der Waals surface area contributed by atoms with Gasteiger partial charge in [-0.25, -0.2) is 0 Å². The lowest BCUT2D eigenvalue weighted by atomic mass is 10.2. The molecule has 0 aliphatic heterocycles. The predicted molar refractivity (Wildman–Crippen MR) is 85.7 cm³/mol. The summed E-state index contributed by atoms with van der Waals surface area (Å²) in [7, 11) is -2.25. The maximum absolute atomic E-state index is 11.9. The number of furan rings is 1. The van der Waals surface area contributed by atoms with Crippen molar-refractivity contribution in [1.82, 2.24) is 5.32 Å². The van der Waals surface area contributed by atoms with Crippen molar-refractivity contribution < 1.29 is 26.7 Å². The molecule has 1 heterocycles. The minimum absolute atomic E-state index is 0.0293. The van der Waals surface area contributed by atoms with Gasteiger partial charge in [-0.2, -0.15) is 8.42 Å². The lowest BCUT2D eigenvalue weighted by molar-refractivity contribution is 0.0949. The van der Waals surface area contributed by atoms with Crippen molar-refractivity contribution in [3.05, 3.63) is 42.2 Å². The van der Waals surface area contributed by atoms with E-state index in [1.807, 2.05) is 0 Å². The third-order valence-electron chi connectivity index (χ3n) is 2.72. The van der Waals surface area contributed by atoms with Gasteiger partial charge in [-0.3, -0.25) is 14.4 Å². The Morgan fingerprint density at radius 1 is 1.21 bits per heavy atom. The molecule has 1 aromatic heterocycles. The van der Waals surface area contributed by atoms with Gasteiger partial charge < -0.3 is 14.9 Å². The number of oxime groups is 1. The number of nitrogens with one attached hydrogen (secondary N) is 1. The summed E-state index contributed by atoms with van der Waals surface area (Å²) in [4.78, 5) is 11.9. The van der Waals surface area contributed by atoms with Crippen LogP contribution >= 0.6 is 0 Å². The second kappa shape index (κ2) is 7.04. The maximum Gasteiger partial charge on any atom is 0.325 e. The van der Waals surface area contributed by atoms with Gasteiger partial charge in [0.25, 0.3) is 5.91 Å². The van der Waals surface area contributed by atoms with Crippen LogP contribution in [0.15, 0.2) is 46.0 Å². The third-order valence-corrected chi connectivity index (χ3v) is 3.06. The quantitative estimate of drug-likeness (QED) is 0.463. The van der Waals surface area contributed by atoms with Gasteiger partial charge in [-0.15, -0.1) is 0 Å². The van der Waals surface area contributed by atoms with Crippen LogP contribution in [0.2, 0.25) is 0 Å². The number of methoxy groups -OCH3 is 1. The van der Waals surface area contributed by atoms with Crippen LogP contribution in [0.5, 0.6) is 5.75 Å². The monoisotopic (exact) mass is 353 g/mol. The normalized spacial score (nSPS) is 11.8. The first-order valence-corrected chi connectivity index (χ1v) is 8.38. The number of amides is 1. The molecule has 0 aliphatic rings. The molecule has 0 spiro atoms. The van der Waals surface area contributed by atoms with E-state index in [-0.39, 0.29) is 5.76 Å². The zero-order valence-corrected chi connectivity index (χ0v) is 13.7. The highest BCUT2D eigenvalue weighted by atomic mass is 32.2. The van der Waals surface area contributed by atoms with Gasteiger partial charge in [0.1, 0.15) is 11.5 Å². The Labute approximate surface area is 138 Å². The second-order valence-corrected chi connectivity index (χ2v) is 6.16. The standard InChI is InChI=1S/C14H15N3O6S/c1-21-10-5-3-9(4-6-10)11-7-8-12(22-11)13(18)16-14(15)17-23-24(2,19)20/h3-8H,1-2H3,(H3,15,16,17,18). The van der Waals surface area contributed by atoms with Crippen LogP contribution in [-0.4, -0.2) is 33.7 Å². The Bertz CT molecular complexity index is 855. The molecule has 2 aromatic rings. The zero-order chi connectivity index (χ0) is 17.7. The molecule has 9 nitrogen and oxygen atoms in total. The fourth-order valence-electron chi connectivity index (χ4n) is 1.68. The number of hydrogen-bond donors (Lipinski definition) is 2. The molecule has 0 aliphatic carbocycles. The van der Waals surface area contributed by atoms with Crippen molar-refractivity contribution in [2.75, 3.05) is 13.4 Å². The molecule has 0 atom stereocenters. The first kappa shape index (κ1) is 17.3. The highest BCUT2D eigenvalue weighted by Gasteiger charge is 2.14. The SMILES string of the molecule is COc1ccc(-c2ccc(C(=O)NC(N)=NOS(C)(=O)=O)o2)cc1. The summed E-state index contributed by atoms with van der Waals surface area (Å²) in [5.74, 6) is -0.0944. The van der Waals surface area contributed by atoms with Crippen LogP contribution in [0.25, 0.3) is 11.3 Å². The van der Waals surface area contributed by atoms with E-state index in [0.29, 0.717) is 11.5 Å². The highest BCUT2D eigenvalue weighted by molar-refractivity contribution is 7.85. The molecular weight excluding hydrogens is 338 g/mol. The molecule has 0 radical (unpaired) electrons. The minimum Gasteiger partial charge on any atom is -0.497 e. The van der Waals surface area contributed by atoms with E-state index in [1.54, 1.807) is 37.4 Å². The number of carbonyl (C=O) groups is 1. The molecule has 1 amide bonds. The maximum atomic E-state index is 11.9. The van der Waals surface area contributed by atoms with E-state index in [9.17, 15) is 13.2 Å². The van der Waals surface area contributed by atoms with Gasteiger partial charge in [-0.1, -0.05) is 0 Å². The van der Waals surface area contributed by atoms with Crippen molar-refractivity contribution in [1.29, 1.82) is 0 Å². The number of carbonyl (C=O) groups excluding carboxylic acids is 1. The largest absolute Gasteiger partial charge is 0.497 e. The number of benzene rings is 1. The molecule has 10 heteroatoms. The second-order valence-electron chi connectivity index (χ2n) is 4.60. The first-order valence-electron chi connectivity index (χ1n) is 6.56. The molecule has 1 aromatic carbocycles. The molecule has 24 heavy (non-hydrogen) atoms. The first-order chi connectivity index (χ1) is 11.3. The fraction of sp³-hybridized carbons (Fsp3) is 0.143. The summed E-state index contributed by atoms with van der Waals surface area (Å²) in [6, 6.07) is 10.1. The van der Waals surface area contributed by atoms with Gasteiger partial charge in [0.15, 0.2) is 5.76 Å². The van der Waals surface area contributed by atoms with E-state index >= 15 is 0 Å². The number of nitrogens with two attached hydrogens (primary N) is 1. The van der Waals surface area contributed by atoms with Gasteiger partial charge in [0, 0.05) is 5.56 Å². The van der Waals surface area contributed by atoms with Crippen molar-refractivity contribution in [3.63, 3.8) is 0 Å². The number of hydrogen-bond acceptors (Lipinski definition) is 7. The van der Waals surface area contributed by atoms with Crippen LogP contribution in [0.4, 0.5) is 0 Å². The van der Waals surface area contributed by atoms with Gasteiger partial charge in [-0.05, 0) is 41.6 Å². The van der Waals surface area contributed by atoms with Crippen LogP contribution in [-0.2, 0) is 14.4 Å². The van der Waals surface area contributed by atoms with Crippen LogP contribution < -0.4 is 15.8 Å². The van der Waals surface area contributed by atoms with E-state index in [2.05, 4.69) is 14.8 Å². The van der Waals surface area contributed by atoms with Gasteiger partial charge in [0.2, 0.25) is 5.96 Å². The molecule has 0 bridgehead atoms. The fourth-order valence-corrected chi connectivity index (χ4v) is 1.89. The van der Waals surface area contributed by atoms with Crippen LogP contribution in [0.3, 0.4) is 0 Å². The van der Waals surface area contributed by atoms with Crippen molar-refractivity contribution in [2.45, 2.75) is 0 Å². The molecule has 0 fully saturated rings. The zero-order valence-electron chi connectivity index (χ0n) is 12.8. The molecule has 0 unspecified atom stereocenters. The Kier molecular flexibility index (Phi) is 5.09. The van der Waals surface area contributed by atoms with Crippen molar-refractivity contribution >= 4 is 22.0 Å². The Morgan fingerprint density at radius 2 is 1.88 bits per heavy atom. The summed E-state index contributed by atoms with van der Waals surface area (Å²) in [5, 5.41) is 5.20. The van der Waals surface area contributed by atoms with Crippen molar-refractivity contribution in [3.8, 4) is 17.1 Å². The molecular formula is C14H15N3O6S. The number of guanidine groups is 1. The predicted octanol–water partition coefficient (Wildman–Crippen LogP) is 0.891. The summed E-state index contributed by atoms with van der Waals surface area (Å²) in [6.45, 7) is 0. The molecule has 0 saturated carbocycles. The smallest absolute Gasteiger partial charge is 0.325 e. The minimum atomic E-state index is -3.81. The van der Waals surface area contributed by atoms with E-state index in [1.165, 1.54) is 6.07 Å².